The Morgan fingerprint density at radius 3 is 1.90 bits per heavy atom. The van der Waals surface area contributed by atoms with Crippen LogP contribution in [0.25, 0.3) is 0 Å². The molecule has 1 aliphatic heterocycles. The molecule has 7 heteroatoms. The summed E-state index contributed by atoms with van der Waals surface area (Å²) in [5.74, 6) is -0.553. The molecule has 0 aromatic carbocycles. The summed E-state index contributed by atoms with van der Waals surface area (Å²) in [6, 6.07) is 0. The molecule has 1 rings (SSSR count). The van der Waals surface area contributed by atoms with Gasteiger partial charge in [0, 0.05) is 12.3 Å². The van der Waals surface area contributed by atoms with Gasteiger partial charge in [0.15, 0.2) is 16.6 Å². The molecule has 29 heavy (non-hydrogen) atoms. The molecule has 0 aromatic heterocycles. The van der Waals surface area contributed by atoms with E-state index < -0.39 is 22.7 Å². The fourth-order valence-corrected chi connectivity index (χ4v) is 5.78. The van der Waals surface area contributed by atoms with Crippen LogP contribution in [0.15, 0.2) is 0 Å². The van der Waals surface area contributed by atoms with E-state index >= 15 is 0 Å². The standard InChI is InChI=1S/C22H44O5Si2/c1-15-18(13-17(14-23)26-28(9,10)21(3,4)5)25-20(24)16(2)19(15)27-29(11,12)22(6,7)8/h14-19H,13H2,1-12H3/t15-,16+,17-,18-,19-/m0/s1. The van der Waals surface area contributed by atoms with Gasteiger partial charge < -0.3 is 18.4 Å². The number of carbonyl (C=O) groups excluding carboxylic acids is 2. The highest BCUT2D eigenvalue weighted by molar-refractivity contribution is 6.74. The van der Waals surface area contributed by atoms with Crippen LogP contribution in [0.1, 0.15) is 61.8 Å². The van der Waals surface area contributed by atoms with Gasteiger partial charge in [-0.2, -0.15) is 0 Å². The first-order valence-corrected chi connectivity index (χ1v) is 16.7. The number of hydrogen-bond acceptors (Lipinski definition) is 5. The molecule has 1 fully saturated rings. The molecule has 5 atom stereocenters. The Kier molecular flexibility index (Phi) is 8.17. The summed E-state index contributed by atoms with van der Waals surface area (Å²) in [5, 5.41) is 0.0612. The van der Waals surface area contributed by atoms with Crippen molar-refractivity contribution in [2.75, 3.05) is 0 Å². The highest BCUT2D eigenvalue weighted by Gasteiger charge is 2.48. The molecule has 1 saturated heterocycles. The largest absolute Gasteiger partial charge is 0.462 e. The predicted octanol–water partition coefficient (Wildman–Crippen LogP) is 5.55. The van der Waals surface area contributed by atoms with Gasteiger partial charge in [-0.25, -0.2) is 0 Å². The molecule has 170 valence electrons. The maximum absolute atomic E-state index is 12.6. The van der Waals surface area contributed by atoms with E-state index in [1.807, 2.05) is 6.92 Å². The lowest BCUT2D eigenvalue weighted by Crippen LogP contribution is -2.55. The summed E-state index contributed by atoms with van der Waals surface area (Å²) in [5.41, 5.74) is 0. The van der Waals surface area contributed by atoms with Gasteiger partial charge in [0.1, 0.15) is 18.5 Å². The first-order valence-electron chi connectivity index (χ1n) is 10.9. The Bertz CT molecular complexity index is 589. The third-order valence-corrected chi connectivity index (χ3v) is 16.3. The molecule has 5 nitrogen and oxygen atoms in total. The van der Waals surface area contributed by atoms with Crippen molar-refractivity contribution >= 4 is 28.9 Å². The number of cyclic esters (lactones) is 1. The second-order valence-corrected chi connectivity index (χ2v) is 21.3. The number of carbonyl (C=O) groups is 2. The Morgan fingerprint density at radius 2 is 1.48 bits per heavy atom. The van der Waals surface area contributed by atoms with Crippen molar-refractivity contribution < 1.29 is 23.2 Å². The van der Waals surface area contributed by atoms with E-state index in [-0.39, 0.29) is 40.1 Å². The minimum atomic E-state index is -2.10. The first kappa shape index (κ1) is 26.5. The number of hydrogen-bond donors (Lipinski definition) is 0. The van der Waals surface area contributed by atoms with Gasteiger partial charge in [-0.15, -0.1) is 0 Å². The smallest absolute Gasteiger partial charge is 0.311 e. The molecule has 0 radical (unpaired) electrons. The maximum atomic E-state index is 12.6. The molecule has 0 aromatic rings. The monoisotopic (exact) mass is 444 g/mol. The predicted molar refractivity (Wildman–Crippen MR) is 123 cm³/mol. The summed E-state index contributed by atoms with van der Waals surface area (Å²) in [4.78, 5) is 24.4. The van der Waals surface area contributed by atoms with Crippen LogP contribution in [-0.4, -0.2) is 47.2 Å². The van der Waals surface area contributed by atoms with Crippen LogP contribution in [-0.2, 0) is 23.2 Å². The summed E-state index contributed by atoms with van der Waals surface area (Å²) >= 11 is 0. The lowest BCUT2D eigenvalue weighted by molar-refractivity contribution is -0.178. The van der Waals surface area contributed by atoms with E-state index in [1.54, 1.807) is 0 Å². The Morgan fingerprint density at radius 1 is 1.00 bits per heavy atom. The van der Waals surface area contributed by atoms with Crippen LogP contribution in [0.3, 0.4) is 0 Å². The molecule has 0 N–H and O–H groups in total. The lowest BCUT2D eigenvalue weighted by Gasteiger charge is -2.46. The summed E-state index contributed by atoms with van der Waals surface area (Å²) < 4.78 is 18.7. The summed E-state index contributed by atoms with van der Waals surface area (Å²) in [6.07, 6.45) is 0.0873. The quantitative estimate of drug-likeness (QED) is 0.292. The van der Waals surface area contributed by atoms with Gasteiger partial charge in [0.2, 0.25) is 0 Å². The highest BCUT2D eigenvalue weighted by Crippen LogP contribution is 2.42. The zero-order valence-electron chi connectivity index (χ0n) is 20.7. The van der Waals surface area contributed by atoms with Gasteiger partial charge in [-0.3, -0.25) is 4.79 Å². The van der Waals surface area contributed by atoms with E-state index in [4.69, 9.17) is 13.6 Å². The van der Waals surface area contributed by atoms with E-state index in [2.05, 4.69) is 74.7 Å². The third kappa shape index (κ3) is 6.24. The van der Waals surface area contributed by atoms with Crippen molar-refractivity contribution in [1.82, 2.24) is 0 Å². The average molecular weight is 445 g/mol. The molecule has 0 saturated carbocycles. The molecule has 1 aliphatic rings. The van der Waals surface area contributed by atoms with Gasteiger partial charge in [0.05, 0.1) is 12.0 Å². The SMILES string of the molecule is C[C@@H]1[C@H](O[Si](C)(C)C(C)(C)C)[C@@H](C)C(=O)O[C@H]1C[C@@H](C=O)O[Si](C)(C)C(C)(C)C. The average Bonchev–Trinajstić information content (AvgIpc) is 2.53. The molecule has 1 heterocycles. The van der Waals surface area contributed by atoms with Gasteiger partial charge in [-0.1, -0.05) is 48.5 Å². The molecule has 0 amide bonds. The second-order valence-electron chi connectivity index (χ2n) is 11.8. The summed E-state index contributed by atoms with van der Waals surface area (Å²) in [7, 11) is -4.15. The van der Waals surface area contributed by atoms with Crippen LogP contribution in [0.5, 0.6) is 0 Å². The Labute approximate surface area is 180 Å². The van der Waals surface area contributed by atoms with Crippen LogP contribution >= 0.6 is 0 Å². The molecule has 0 aliphatic carbocycles. The van der Waals surface area contributed by atoms with Crippen molar-refractivity contribution in [3.8, 4) is 0 Å². The van der Waals surface area contributed by atoms with Crippen molar-refractivity contribution in [2.24, 2.45) is 11.8 Å². The van der Waals surface area contributed by atoms with Gasteiger partial charge in [0.25, 0.3) is 0 Å². The van der Waals surface area contributed by atoms with Crippen molar-refractivity contribution in [1.29, 1.82) is 0 Å². The van der Waals surface area contributed by atoms with Crippen LogP contribution in [0.4, 0.5) is 0 Å². The minimum absolute atomic E-state index is 0.00212. The fraction of sp³-hybridized carbons (Fsp3) is 0.909. The Balaban J connectivity index is 3.02. The number of esters is 1. The fourth-order valence-electron chi connectivity index (χ4n) is 3.07. The van der Waals surface area contributed by atoms with Crippen LogP contribution < -0.4 is 0 Å². The van der Waals surface area contributed by atoms with Crippen LogP contribution in [0, 0.1) is 11.8 Å². The van der Waals surface area contributed by atoms with Crippen molar-refractivity contribution in [2.45, 2.75) is 116 Å². The molecular formula is C22H44O5Si2. The number of aldehydes is 1. The highest BCUT2D eigenvalue weighted by atomic mass is 28.4. The normalized spacial score (nSPS) is 28.1. The molecule has 0 unspecified atom stereocenters. The number of rotatable bonds is 7. The Hall–Kier alpha value is -0.506. The van der Waals surface area contributed by atoms with E-state index in [0.29, 0.717) is 6.42 Å². The third-order valence-electron chi connectivity index (χ3n) is 7.34. The van der Waals surface area contributed by atoms with Crippen molar-refractivity contribution in [3.63, 3.8) is 0 Å². The molecule has 0 spiro atoms. The first-order chi connectivity index (χ1) is 12.8. The maximum Gasteiger partial charge on any atom is 0.311 e. The second kappa shape index (κ2) is 8.93. The molecule has 0 bridgehead atoms. The van der Waals surface area contributed by atoms with Gasteiger partial charge in [-0.05, 0) is 43.2 Å². The minimum Gasteiger partial charge on any atom is -0.462 e. The van der Waals surface area contributed by atoms with Crippen molar-refractivity contribution in [3.05, 3.63) is 0 Å². The topological polar surface area (TPSA) is 61.8 Å². The number of ether oxygens (including phenoxy) is 1. The molecular weight excluding hydrogens is 400 g/mol. The van der Waals surface area contributed by atoms with E-state index in [1.165, 1.54) is 0 Å². The van der Waals surface area contributed by atoms with Gasteiger partial charge >= 0.3 is 5.97 Å². The zero-order chi connectivity index (χ0) is 23.0. The van der Waals surface area contributed by atoms with E-state index in [9.17, 15) is 9.59 Å². The zero-order valence-corrected chi connectivity index (χ0v) is 22.7. The lowest BCUT2D eigenvalue weighted by atomic mass is 9.84. The van der Waals surface area contributed by atoms with E-state index in [0.717, 1.165) is 6.29 Å². The van der Waals surface area contributed by atoms with Crippen LogP contribution in [0.2, 0.25) is 36.3 Å². The summed E-state index contributed by atoms with van der Waals surface area (Å²) in [6.45, 7) is 25.7.